The smallest absolute Gasteiger partial charge is 0.329 e. The molecule has 1 aromatic heterocycles. The van der Waals surface area contributed by atoms with Crippen LogP contribution in [0, 0.1) is 5.92 Å². The van der Waals surface area contributed by atoms with Gasteiger partial charge in [0.2, 0.25) is 0 Å². The number of carbonyl (C=O) groups is 3. The van der Waals surface area contributed by atoms with Crippen LogP contribution in [0.2, 0.25) is 0 Å². The van der Waals surface area contributed by atoms with Crippen molar-refractivity contribution in [1.82, 2.24) is 5.32 Å². The molecule has 7 heteroatoms. The fraction of sp³-hybridized carbons (Fsp3) is 0.227. The maximum Gasteiger partial charge on any atom is 0.329 e. The summed E-state index contributed by atoms with van der Waals surface area (Å²) in [6.45, 7) is 3.08. The summed E-state index contributed by atoms with van der Waals surface area (Å²) in [6.07, 6.45) is 1.37. The number of nitrogens with one attached hydrogen (secondary N) is 2. The Kier molecular flexibility index (Phi) is 6.29. The molecule has 1 heterocycles. The highest BCUT2D eigenvalue weighted by Gasteiger charge is 2.27. The van der Waals surface area contributed by atoms with Crippen LogP contribution in [-0.2, 0) is 14.3 Å². The lowest BCUT2D eigenvalue weighted by molar-refractivity contribution is -0.150. The third-order valence-corrected chi connectivity index (χ3v) is 4.33. The highest BCUT2D eigenvalue weighted by molar-refractivity contribution is 5.97. The molecule has 3 aromatic rings. The monoisotopic (exact) mass is 394 g/mol. The Balaban J connectivity index is 1.55. The van der Waals surface area contributed by atoms with Crippen molar-refractivity contribution in [3.8, 4) is 0 Å². The summed E-state index contributed by atoms with van der Waals surface area (Å²) in [7, 11) is 0. The standard InChI is InChI=1S/C22H22N2O5/c1-14(2)20(24-21(26)18-8-5-11-28-18)22(27)29-13-19(25)23-17-10-9-15-6-3-4-7-16(15)12-17/h3-12,14,20H,13H2,1-2H3,(H,23,25)(H,24,26)/t20-/m0/s1. The minimum Gasteiger partial charge on any atom is -0.459 e. The van der Waals surface area contributed by atoms with Crippen LogP contribution in [0.3, 0.4) is 0 Å². The van der Waals surface area contributed by atoms with Crippen molar-refractivity contribution in [1.29, 1.82) is 0 Å². The molecule has 29 heavy (non-hydrogen) atoms. The van der Waals surface area contributed by atoms with Crippen LogP contribution in [0.1, 0.15) is 24.4 Å². The van der Waals surface area contributed by atoms with E-state index < -0.39 is 30.4 Å². The highest BCUT2D eigenvalue weighted by Crippen LogP contribution is 2.18. The van der Waals surface area contributed by atoms with Gasteiger partial charge in [0.05, 0.1) is 6.26 Å². The van der Waals surface area contributed by atoms with E-state index in [4.69, 9.17) is 9.15 Å². The van der Waals surface area contributed by atoms with Gasteiger partial charge in [0, 0.05) is 5.69 Å². The van der Waals surface area contributed by atoms with Gasteiger partial charge in [0.15, 0.2) is 12.4 Å². The Morgan fingerprint density at radius 2 is 1.76 bits per heavy atom. The Hall–Kier alpha value is -3.61. The molecule has 0 aliphatic heterocycles. The molecule has 1 atom stereocenters. The molecule has 0 aliphatic carbocycles. The number of anilines is 1. The number of hydrogen-bond acceptors (Lipinski definition) is 5. The largest absolute Gasteiger partial charge is 0.459 e. The molecule has 0 unspecified atom stereocenters. The second-order valence-electron chi connectivity index (χ2n) is 6.89. The summed E-state index contributed by atoms with van der Waals surface area (Å²) in [5, 5.41) is 7.32. The van der Waals surface area contributed by atoms with Crippen LogP contribution in [0.5, 0.6) is 0 Å². The molecule has 2 amide bonds. The van der Waals surface area contributed by atoms with Crippen molar-refractivity contribution >= 4 is 34.2 Å². The topological polar surface area (TPSA) is 97.6 Å². The normalized spacial score (nSPS) is 11.8. The van der Waals surface area contributed by atoms with Gasteiger partial charge in [0.1, 0.15) is 6.04 Å². The van der Waals surface area contributed by atoms with E-state index in [1.54, 1.807) is 26.0 Å². The minimum absolute atomic E-state index is 0.0949. The van der Waals surface area contributed by atoms with Crippen molar-refractivity contribution < 1.29 is 23.5 Å². The van der Waals surface area contributed by atoms with Crippen molar-refractivity contribution in [3.05, 3.63) is 66.6 Å². The number of carbonyl (C=O) groups excluding carboxylic acids is 3. The van der Waals surface area contributed by atoms with Gasteiger partial charge in [-0.3, -0.25) is 9.59 Å². The predicted octanol–water partition coefficient (Wildman–Crippen LogP) is 3.37. The lowest BCUT2D eigenvalue weighted by Crippen LogP contribution is -2.45. The van der Waals surface area contributed by atoms with Crippen LogP contribution in [-0.4, -0.2) is 30.4 Å². The first-order valence-corrected chi connectivity index (χ1v) is 9.23. The van der Waals surface area contributed by atoms with E-state index in [1.165, 1.54) is 12.3 Å². The van der Waals surface area contributed by atoms with Crippen LogP contribution in [0.25, 0.3) is 10.8 Å². The number of rotatable bonds is 7. The Bertz CT molecular complexity index is 1010. The molecule has 2 N–H and O–H groups in total. The van der Waals surface area contributed by atoms with Gasteiger partial charge in [-0.25, -0.2) is 4.79 Å². The van der Waals surface area contributed by atoms with E-state index in [9.17, 15) is 14.4 Å². The molecule has 0 saturated heterocycles. The molecule has 0 fully saturated rings. The van der Waals surface area contributed by atoms with Crippen molar-refractivity contribution in [2.45, 2.75) is 19.9 Å². The van der Waals surface area contributed by atoms with Crippen LogP contribution in [0.15, 0.2) is 65.3 Å². The number of hydrogen-bond donors (Lipinski definition) is 2. The quantitative estimate of drug-likeness (QED) is 0.599. The molecule has 150 valence electrons. The van der Waals surface area contributed by atoms with E-state index >= 15 is 0 Å². The van der Waals surface area contributed by atoms with E-state index in [0.717, 1.165) is 10.8 Å². The third-order valence-electron chi connectivity index (χ3n) is 4.33. The Morgan fingerprint density at radius 1 is 1.00 bits per heavy atom. The predicted molar refractivity (Wildman–Crippen MR) is 108 cm³/mol. The fourth-order valence-corrected chi connectivity index (χ4v) is 2.81. The molecule has 2 aromatic carbocycles. The van der Waals surface area contributed by atoms with Gasteiger partial charge in [-0.2, -0.15) is 0 Å². The summed E-state index contributed by atoms with van der Waals surface area (Å²) >= 11 is 0. The van der Waals surface area contributed by atoms with Gasteiger partial charge in [-0.05, 0) is 41.0 Å². The zero-order valence-electron chi connectivity index (χ0n) is 16.2. The highest BCUT2D eigenvalue weighted by atomic mass is 16.5. The number of benzene rings is 2. The summed E-state index contributed by atoms with van der Waals surface area (Å²) in [4.78, 5) is 36.7. The first kappa shape index (κ1) is 20.1. The van der Waals surface area contributed by atoms with Gasteiger partial charge >= 0.3 is 5.97 Å². The molecule has 3 rings (SSSR count). The number of ether oxygens (including phenoxy) is 1. The maximum atomic E-state index is 12.4. The number of esters is 1. The molecule has 0 bridgehead atoms. The average Bonchev–Trinajstić information content (AvgIpc) is 3.25. The van der Waals surface area contributed by atoms with E-state index in [1.807, 2.05) is 36.4 Å². The minimum atomic E-state index is -0.902. The zero-order chi connectivity index (χ0) is 20.8. The number of amides is 2. The van der Waals surface area contributed by atoms with Gasteiger partial charge in [0.25, 0.3) is 11.8 Å². The summed E-state index contributed by atoms with van der Waals surface area (Å²) in [6, 6.07) is 15.5. The second-order valence-corrected chi connectivity index (χ2v) is 6.89. The molecule has 0 radical (unpaired) electrons. The first-order chi connectivity index (χ1) is 13.9. The molecule has 0 spiro atoms. The van der Waals surface area contributed by atoms with Gasteiger partial charge < -0.3 is 19.8 Å². The van der Waals surface area contributed by atoms with Crippen molar-refractivity contribution in [3.63, 3.8) is 0 Å². The molecule has 0 saturated carbocycles. The fourth-order valence-electron chi connectivity index (χ4n) is 2.81. The van der Waals surface area contributed by atoms with Gasteiger partial charge in [-0.1, -0.05) is 44.2 Å². The van der Waals surface area contributed by atoms with Crippen molar-refractivity contribution in [2.75, 3.05) is 11.9 Å². The second kappa shape index (κ2) is 9.05. The molecule has 0 aliphatic rings. The van der Waals surface area contributed by atoms with E-state index in [0.29, 0.717) is 5.69 Å². The maximum absolute atomic E-state index is 12.4. The molecular formula is C22H22N2O5. The van der Waals surface area contributed by atoms with E-state index in [2.05, 4.69) is 10.6 Å². The summed E-state index contributed by atoms with van der Waals surface area (Å²) < 4.78 is 10.1. The van der Waals surface area contributed by atoms with E-state index in [-0.39, 0.29) is 11.7 Å². The average molecular weight is 394 g/mol. The number of furan rings is 1. The van der Waals surface area contributed by atoms with Crippen LogP contribution < -0.4 is 10.6 Å². The molecule has 7 nitrogen and oxygen atoms in total. The molecular weight excluding hydrogens is 372 g/mol. The zero-order valence-corrected chi connectivity index (χ0v) is 16.2. The van der Waals surface area contributed by atoms with Crippen LogP contribution >= 0.6 is 0 Å². The first-order valence-electron chi connectivity index (χ1n) is 9.23. The number of fused-ring (bicyclic) bond motifs is 1. The lowest BCUT2D eigenvalue weighted by atomic mass is 10.0. The van der Waals surface area contributed by atoms with Crippen LogP contribution in [0.4, 0.5) is 5.69 Å². The third kappa shape index (κ3) is 5.22. The summed E-state index contributed by atoms with van der Waals surface area (Å²) in [5.74, 6) is -1.81. The lowest BCUT2D eigenvalue weighted by Gasteiger charge is -2.20. The SMILES string of the molecule is CC(C)[C@H](NC(=O)c1ccco1)C(=O)OCC(=O)Nc1ccc2ccccc2c1. The Morgan fingerprint density at radius 3 is 2.45 bits per heavy atom. The van der Waals surface area contributed by atoms with Gasteiger partial charge in [-0.15, -0.1) is 0 Å². The Labute approximate surface area is 168 Å². The van der Waals surface area contributed by atoms with Crippen molar-refractivity contribution in [2.24, 2.45) is 5.92 Å². The summed E-state index contributed by atoms with van der Waals surface area (Å²) in [5.41, 5.74) is 0.608.